The van der Waals surface area contributed by atoms with Crippen LogP contribution in [0.1, 0.15) is 22.3 Å². The third-order valence-corrected chi connectivity index (χ3v) is 6.34. The number of amides is 1. The highest BCUT2D eigenvalue weighted by molar-refractivity contribution is 9.11. The van der Waals surface area contributed by atoms with Gasteiger partial charge in [-0.15, -0.1) is 0 Å². The van der Waals surface area contributed by atoms with Gasteiger partial charge in [0.05, 0.1) is 8.95 Å². The number of carbonyl (C=O) groups is 1. The maximum Gasteiger partial charge on any atom is 0.266 e. The lowest BCUT2D eigenvalue weighted by Gasteiger charge is -2.12. The molecule has 32 heavy (non-hydrogen) atoms. The van der Waals surface area contributed by atoms with Crippen LogP contribution in [0.4, 0.5) is 5.69 Å². The molecule has 0 fully saturated rings. The number of anilines is 1. The summed E-state index contributed by atoms with van der Waals surface area (Å²) in [5.41, 5.74) is 4.36. The van der Waals surface area contributed by atoms with Crippen LogP contribution in [-0.4, -0.2) is 5.91 Å². The molecule has 4 nitrogen and oxygen atoms in total. The van der Waals surface area contributed by atoms with Crippen molar-refractivity contribution in [2.75, 3.05) is 5.32 Å². The van der Waals surface area contributed by atoms with Crippen molar-refractivity contribution in [2.45, 2.75) is 20.5 Å². The lowest BCUT2D eigenvalue weighted by Crippen LogP contribution is -2.13. The lowest BCUT2D eigenvalue weighted by molar-refractivity contribution is -0.112. The molecule has 7 heteroatoms. The zero-order valence-corrected chi connectivity index (χ0v) is 21.3. The minimum Gasteiger partial charge on any atom is -0.486 e. The molecule has 0 bridgehead atoms. The van der Waals surface area contributed by atoms with E-state index in [0.717, 1.165) is 16.7 Å². The van der Waals surface area contributed by atoms with Gasteiger partial charge in [0.1, 0.15) is 24.0 Å². The number of ether oxygens (including phenoxy) is 1. The van der Waals surface area contributed by atoms with Gasteiger partial charge in [0.15, 0.2) is 0 Å². The van der Waals surface area contributed by atoms with E-state index in [1.54, 1.807) is 12.1 Å². The van der Waals surface area contributed by atoms with Crippen LogP contribution in [0.3, 0.4) is 0 Å². The van der Waals surface area contributed by atoms with Gasteiger partial charge in [-0.1, -0.05) is 35.9 Å². The normalized spacial score (nSPS) is 11.1. The maximum absolute atomic E-state index is 12.6. The molecule has 0 saturated carbocycles. The zero-order valence-electron chi connectivity index (χ0n) is 17.4. The Bertz CT molecular complexity index is 1230. The van der Waals surface area contributed by atoms with E-state index in [0.29, 0.717) is 37.6 Å². The molecule has 0 spiro atoms. The van der Waals surface area contributed by atoms with Gasteiger partial charge in [-0.3, -0.25) is 4.79 Å². The molecule has 162 valence electrons. The Balaban J connectivity index is 1.78. The minimum atomic E-state index is -0.470. The summed E-state index contributed by atoms with van der Waals surface area (Å²) in [4.78, 5) is 12.6. The summed E-state index contributed by atoms with van der Waals surface area (Å²) in [6.07, 6.45) is 1.53. The Morgan fingerprint density at radius 2 is 1.78 bits per heavy atom. The number of rotatable bonds is 6. The smallest absolute Gasteiger partial charge is 0.266 e. The highest BCUT2D eigenvalue weighted by Crippen LogP contribution is 2.36. The number of benzene rings is 3. The van der Waals surface area contributed by atoms with E-state index in [4.69, 9.17) is 16.3 Å². The van der Waals surface area contributed by atoms with Crippen molar-refractivity contribution < 1.29 is 9.53 Å². The molecule has 0 aliphatic carbocycles. The Kier molecular flexibility index (Phi) is 8.14. The summed E-state index contributed by atoms with van der Waals surface area (Å²) < 4.78 is 7.28. The van der Waals surface area contributed by atoms with Gasteiger partial charge in [-0.25, -0.2) is 0 Å². The third-order valence-electron chi connectivity index (χ3n) is 4.79. The molecule has 0 radical (unpaired) electrons. The van der Waals surface area contributed by atoms with Gasteiger partial charge >= 0.3 is 0 Å². The molecule has 0 aliphatic heterocycles. The number of aryl methyl sites for hydroxylation is 2. The second-order valence-corrected chi connectivity index (χ2v) is 9.23. The van der Waals surface area contributed by atoms with Crippen molar-refractivity contribution in [3.8, 4) is 11.8 Å². The summed E-state index contributed by atoms with van der Waals surface area (Å²) >= 11 is 13.2. The third kappa shape index (κ3) is 6.01. The molecule has 0 aliphatic rings. The zero-order chi connectivity index (χ0) is 23.3. The number of nitrogens with one attached hydrogen (secondary N) is 1. The van der Waals surface area contributed by atoms with E-state index in [1.807, 2.05) is 62.4 Å². The van der Waals surface area contributed by atoms with E-state index >= 15 is 0 Å². The maximum atomic E-state index is 12.6. The van der Waals surface area contributed by atoms with Gasteiger partial charge in [-0.05, 0) is 98.8 Å². The Hall–Kier alpha value is -2.59. The first-order valence-electron chi connectivity index (χ1n) is 9.64. The van der Waals surface area contributed by atoms with Crippen molar-refractivity contribution in [1.82, 2.24) is 0 Å². The highest BCUT2D eigenvalue weighted by Gasteiger charge is 2.13. The van der Waals surface area contributed by atoms with E-state index < -0.39 is 5.91 Å². The number of nitriles is 1. The van der Waals surface area contributed by atoms with Gasteiger partial charge in [0, 0.05) is 16.3 Å². The standard InChI is InChI=1S/C25H19Br2ClN2O2/c1-15-7-8-20(9-16(15)2)30-25(31)19(13-29)10-17-11-21(26)24(22(27)12-17)32-14-18-5-3-4-6-23(18)28/h3-12H,14H2,1-2H3,(H,30,31)/b19-10+. The number of carbonyl (C=O) groups excluding carboxylic acids is 1. The molecule has 3 aromatic rings. The predicted molar refractivity (Wildman–Crippen MR) is 136 cm³/mol. The molecular weight excluding hydrogens is 556 g/mol. The van der Waals surface area contributed by atoms with Crippen LogP contribution >= 0.6 is 43.5 Å². The number of nitrogens with zero attached hydrogens (tertiary/aromatic N) is 1. The van der Waals surface area contributed by atoms with E-state index in [2.05, 4.69) is 37.2 Å². The van der Waals surface area contributed by atoms with Crippen LogP contribution in [0.5, 0.6) is 5.75 Å². The van der Waals surface area contributed by atoms with Gasteiger partial charge < -0.3 is 10.1 Å². The fraction of sp³-hybridized carbons (Fsp3) is 0.120. The topological polar surface area (TPSA) is 62.1 Å². The minimum absolute atomic E-state index is 0.00763. The van der Waals surface area contributed by atoms with Crippen molar-refractivity contribution in [1.29, 1.82) is 5.26 Å². The van der Waals surface area contributed by atoms with E-state index in [9.17, 15) is 10.1 Å². The largest absolute Gasteiger partial charge is 0.486 e. The van der Waals surface area contributed by atoms with Crippen molar-refractivity contribution in [3.63, 3.8) is 0 Å². The molecule has 0 unspecified atom stereocenters. The predicted octanol–water partition coefficient (Wildman–Crippen LogP) is 7.61. The molecular formula is C25H19Br2ClN2O2. The first kappa shape index (κ1) is 24.1. The summed E-state index contributed by atoms with van der Waals surface area (Å²) in [6.45, 7) is 4.27. The Labute approximate surface area is 209 Å². The van der Waals surface area contributed by atoms with Crippen LogP contribution in [0.25, 0.3) is 6.08 Å². The second-order valence-electron chi connectivity index (χ2n) is 7.12. The summed E-state index contributed by atoms with van der Waals surface area (Å²) in [6, 6.07) is 18.6. The van der Waals surface area contributed by atoms with Crippen LogP contribution in [-0.2, 0) is 11.4 Å². The number of hydrogen-bond acceptors (Lipinski definition) is 3. The number of halogens is 3. The van der Waals surface area contributed by atoms with Crippen LogP contribution in [0.2, 0.25) is 5.02 Å². The molecule has 0 aromatic heterocycles. The number of hydrogen-bond donors (Lipinski definition) is 1. The highest BCUT2D eigenvalue weighted by atomic mass is 79.9. The van der Waals surface area contributed by atoms with Crippen LogP contribution < -0.4 is 10.1 Å². The van der Waals surface area contributed by atoms with E-state index in [-0.39, 0.29) is 5.57 Å². The molecule has 0 atom stereocenters. The first-order valence-corrected chi connectivity index (χ1v) is 11.6. The molecule has 3 aromatic carbocycles. The summed E-state index contributed by atoms with van der Waals surface area (Å²) in [5.74, 6) is 0.127. The van der Waals surface area contributed by atoms with Crippen molar-refractivity contribution in [3.05, 3.63) is 96.4 Å². The average molecular weight is 575 g/mol. The van der Waals surface area contributed by atoms with Crippen molar-refractivity contribution in [2.24, 2.45) is 0 Å². The lowest BCUT2D eigenvalue weighted by atomic mass is 10.1. The van der Waals surface area contributed by atoms with Crippen LogP contribution in [0.15, 0.2) is 69.1 Å². The van der Waals surface area contributed by atoms with Gasteiger partial charge in [-0.2, -0.15) is 5.26 Å². The van der Waals surface area contributed by atoms with Gasteiger partial charge in [0.25, 0.3) is 5.91 Å². The Morgan fingerprint density at radius 1 is 1.09 bits per heavy atom. The molecule has 1 amide bonds. The van der Waals surface area contributed by atoms with E-state index in [1.165, 1.54) is 6.08 Å². The first-order chi connectivity index (χ1) is 15.3. The quantitative estimate of drug-likeness (QED) is 0.244. The fourth-order valence-corrected chi connectivity index (χ4v) is 4.54. The summed E-state index contributed by atoms with van der Waals surface area (Å²) in [7, 11) is 0. The monoisotopic (exact) mass is 572 g/mol. The van der Waals surface area contributed by atoms with Crippen LogP contribution in [0, 0.1) is 25.2 Å². The summed E-state index contributed by atoms with van der Waals surface area (Å²) in [5, 5.41) is 12.9. The molecule has 1 N–H and O–H groups in total. The molecule has 3 rings (SSSR count). The molecule has 0 saturated heterocycles. The van der Waals surface area contributed by atoms with Crippen molar-refractivity contribution >= 4 is 61.1 Å². The average Bonchev–Trinajstić information content (AvgIpc) is 2.75. The van der Waals surface area contributed by atoms with Gasteiger partial charge in [0.2, 0.25) is 0 Å². The molecule has 0 heterocycles. The SMILES string of the molecule is Cc1ccc(NC(=O)/C(C#N)=C/c2cc(Br)c(OCc3ccccc3Cl)c(Br)c2)cc1C. The fourth-order valence-electron chi connectivity index (χ4n) is 2.90. The second kappa shape index (κ2) is 10.8. The Morgan fingerprint density at radius 3 is 2.41 bits per heavy atom.